The Hall–Kier alpha value is -1.05. The fourth-order valence-electron chi connectivity index (χ4n) is 9.30. The number of allylic oxidation sites excluding steroid dienone is 3. The van der Waals surface area contributed by atoms with Crippen LogP contribution in [0.5, 0.6) is 0 Å². The van der Waals surface area contributed by atoms with Crippen LogP contribution < -0.4 is 0 Å². The zero-order valence-electron chi connectivity index (χ0n) is 22.6. The molecule has 4 aliphatic carbocycles. The highest BCUT2D eigenvalue weighted by molar-refractivity contribution is 5.66. The van der Waals surface area contributed by atoms with Gasteiger partial charge in [-0.25, -0.2) is 0 Å². The van der Waals surface area contributed by atoms with Crippen LogP contribution in [-0.2, 0) is 9.53 Å². The summed E-state index contributed by atoms with van der Waals surface area (Å²) in [4.78, 5) is 11.5. The average Bonchev–Trinajstić information content (AvgIpc) is 3.11. The molecule has 0 saturated heterocycles. The van der Waals surface area contributed by atoms with E-state index in [-0.39, 0.29) is 12.1 Å². The Bertz CT molecular complexity index is 791. The molecule has 8 atom stereocenters. The summed E-state index contributed by atoms with van der Waals surface area (Å²) in [6.45, 7) is 16.3. The van der Waals surface area contributed by atoms with Crippen molar-refractivity contribution in [2.45, 2.75) is 119 Å². The Labute approximate surface area is 204 Å². The molecule has 0 aliphatic heterocycles. The minimum atomic E-state index is -0.118. The molecular weight excluding hydrogens is 404 g/mol. The van der Waals surface area contributed by atoms with Crippen molar-refractivity contribution in [1.82, 2.24) is 0 Å². The van der Waals surface area contributed by atoms with E-state index in [1.54, 1.807) is 18.1 Å². The predicted molar refractivity (Wildman–Crippen MR) is 138 cm³/mol. The third-order valence-electron chi connectivity index (χ3n) is 11.2. The van der Waals surface area contributed by atoms with Gasteiger partial charge >= 0.3 is 5.97 Å². The number of hydrogen-bond acceptors (Lipinski definition) is 2. The first-order valence-corrected chi connectivity index (χ1v) is 14.1. The van der Waals surface area contributed by atoms with Gasteiger partial charge in [0.2, 0.25) is 0 Å². The molecule has 0 heterocycles. The van der Waals surface area contributed by atoms with Gasteiger partial charge in [0.25, 0.3) is 0 Å². The third kappa shape index (κ3) is 4.50. The number of fused-ring (bicyclic) bond motifs is 5. The highest BCUT2D eigenvalue weighted by Gasteiger charge is 2.59. The molecule has 0 amide bonds. The molecule has 33 heavy (non-hydrogen) atoms. The number of hydrogen-bond donors (Lipinski definition) is 0. The lowest BCUT2D eigenvalue weighted by atomic mass is 9.47. The van der Waals surface area contributed by atoms with Gasteiger partial charge in [0.1, 0.15) is 6.10 Å². The zero-order valence-corrected chi connectivity index (χ0v) is 22.6. The van der Waals surface area contributed by atoms with Crippen LogP contribution in [0.3, 0.4) is 0 Å². The molecule has 0 bridgehead atoms. The molecule has 4 aliphatic rings. The summed E-state index contributed by atoms with van der Waals surface area (Å²) in [5.74, 6) is 4.88. The van der Waals surface area contributed by atoms with Crippen LogP contribution in [0, 0.1) is 46.3 Å². The monoisotopic (exact) mass is 454 g/mol. The van der Waals surface area contributed by atoms with E-state index in [2.05, 4.69) is 53.7 Å². The van der Waals surface area contributed by atoms with E-state index in [1.807, 2.05) is 0 Å². The summed E-state index contributed by atoms with van der Waals surface area (Å²) < 4.78 is 5.63. The van der Waals surface area contributed by atoms with E-state index in [0.717, 1.165) is 42.4 Å². The van der Waals surface area contributed by atoms with E-state index in [9.17, 15) is 4.79 Å². The Balaban J connectivity index is 1.47. The minimum Gasteiger partial charge on any atom is -0.462 e. The molecule has 0 aromatic heterocycles. The molecule has 3 saturated carbocycles. The van der Waals surface area contributed by atoms with E-state index in [0.29, 0.717) is 16.7 Å². The minimum absolute atomic E-state index is 0.108. The van der Waals surface area contributed by atoms with Crippen molar-refractivity contribution in [3.8, 4) is 0 Å². The van der Waals surface area contributed by atoms with Gasteiger partial charge in [-0.3, -0.25) is 4.79 Å². The summed E-state index contributed by atoms with van der Waals surface area (Å²) in [6, 6.07) is 0. The number of carbonyl (C=O) groups excluding carboxylic acids is 1. The van der Waals surface area contributed by atoms with E-state index in [4.69, 9.17) is 4.74 Å². The van der Waals surface area contributed by atoms with Crippen molar-refractivity contribution in [3.05, 3.63) is 23.3 Å². The molecule has 0 N–H and O–H groups in total. The second-order valence-corrected chi connectivity index (χ2v) is 13.0. The first-order valence-electron chi connectivity index (χ1n) is 14.1. The van der Waals surface area contributed by atoms with Gasteiger partial charge < -0.3 is 4.74 Å². The fraction of sp³-hybridized carbons (Fsp3) is 0.839. The first kappa shape index (κ1) is 25.1. The van der Waals surface area contributed by atoms with Crippen LogP contribution in [0.2, 0.25) is 0 Å². The summed E-state index contributed by atoms with van der Waals surface area (Å²) in [7, 11) is 0. The molecule has 4 rings (SSSR count). The highest BCUT2D eigenvalue weighted by Crippen LogP contribution is 2.67. The van der Waals surface area contributed by atoms with Crippen molar-refractivity contribution >= 4 is 5.97 Å². The van der Waals surface area contributed by atoms with Gasteiger partial charge in [0.05, 0.1) is 0 Å². The highest BCUT2D eigenvalue weighted by atomic mass is 16.5. The normalized spacial score (nSPS) is 41.6. The molecule has 0 unspecified atom stereocenters. The van der Waals surface area contributed by atoms with Crippen LogP contribution >= 0.6 is 0 Å². The number of ether oxygens (including phenoxy) is 1. The fourth-order valence-corrected chi connectivity index (χ4v) is 9.30. The molecule has 2 heteroatoms. The van der Waals surface area contributed by atoms with Crippen LogP contribution in [0.4, 0.5) is 0 Å². The van der Waals surface area contributed by atoms with Gasteiger partial charge in [0, 0.05) is 13.3 Å². The molecule has 0 aromatic carbocycles. The molecule has 186 valence electrons. The zero-order chi connectivity index (χ0) is 24.0. The topological polar surface area (TPSA) is 26.3 Å². The maximum Gasteiger partial charge on any atom is 0.302 e. The molecule has 2 nitrogen and oxygen atoms in total. The van der Waals surface area contributed by atoms with Gasteiger partial charge in [-0.2, -0.15) is 0 Å². The van der Waals surface area contributed by atoms with Crippen molar-refractivity contribution < 1.29 is 9.53 Å². The quantitative estimate of drug-likeness (QED) is 0.297. The second-order valence-electron chi connectivity index (χ2n) is 13.0. The smallest absolute Gasteiger partial charge is 0.302 e. The lowest BCUT2D eigenvalue weighted by Gasteiger charge is -2.58. The predicted octanol–water partition coefficient (Wildman–Crippen LogP) is 8.52. The van der Waals surface area contributed by atoms with Gasteiger partial charge in [-0.1, -0.05) is 57.9 Å². The largest absolute Gasteiger partial charge is 0.462 e. The Morgan fingerprint density at radius 3 is 2.55 bits per heavy atom. The van der Waals surface area contributed by atoms with E-state index in [1.165, 1.54) is 51.4 Å². The molecule has 3 fully saturated rings. The van der Waals surface area contributed by atoms with Crippen molar-refractivity contribution in [2.24, 2.45) is 46.3 Å². The molecular formula is C31H50O2. The molecule has 0 radical (unpaired) electrons. The van der Waals surface area contributed by atoms with Crippen molar-refractivity contribution in [1.29, 1.82) is 0 Å². The Morgan fingerprint density at radius 1 is 1.12 bits per heavy atom. The standard InChI is InChI=1S/C31H50O2/c1-8-23(20(2)3)10-9-21(4)27-13-14-28-26-12-11-24-19-25(33-22(5)32)15-17-30(24,6)29(26)16-18-31(27,28)7/h8,11,20-21,25-29H,9-10,12-19H2,1-7H3/t21-,25+,26-,27-,28-,29-,30+,31-/m1/s1. The Morgan fingerprint density at radius 2 is 1.88 bits per heavy atom. The first-order chi connectivity index (χ1) is 15.6. The van der Waals surface area contributed by atoms with Gasteiger partial charge in [0.15, 0.2) is 0 Å². The van der Waals surface area contributed by atoms with Crippen LogP contribution in [-0.4, -0.2) is 12.1 Å². The summed E-state index contributed by atoms with van der Waals surface area (Å²) >= 11 is 0. The Kier molecular flexibility index (Phi) is 7.24. The third-order valence-corrected chi connectivity index (χ3v) is 11.2. The number of carbonyl (C=O) groups is 1. The molecule has 0 aromatic rings. The maximum atomic E-state index is 11.5. The number of esters is 1. The van der Waals surface area contributed by atoms with Crippen molar-refractivity contribution in [3.63, 3.8) is 0 Å². The SMILES string of the molecule is CC=C(CC[C@@H](C)[C@H]1CC[C@@H]2[C@H]3CC=C4C[C@@H](OC(C)=O)CC[C@]4(C)[C@@H]3CC[C@@]21C)C(C)C. The lowest BCUT2D eigenvalue weighted by Crippen LogP contribution is -2.51. The second kappa shape index (κ2) is 9.54. The summed E-state index contributed by atoms with van der Waals surface area (Å²) in [5, 5.41) is 0. The average molecular weight is 455 g/mol. The van der Waals surface area contributed by atoms with E-state index >= 15 is 0 Å². The van der Waals surface area contributed by atoms with Gasteiger partial charge in [-0.05, 0) is 111 Å². The van der Waals surface area contributed by atoms with Crippen LogP contribution in [0.1, 0.15) is 113 Å². The van der Waals surface area contributed by atoms with Crippen LogP contribution in [0.15, 0.2) is 23.3 Å². The number of rotatable bonds is 6. The lowest BCUT2D eigenvalue weighted by molar-refractivity contribution is -0.148. The van der Waals surface area contributed by atoms with E-state index < -0.39 is 0 Å². The van der Waals surface area contributed by atoms with Crippen LogP contribution in [0.25, 0.3) is 0 Å². The summed E-state index contributed by atoms with van der Waals surface area (Å²) in [5.41, 5.74) is 4.13. The molecule has 0 spiro atoms. The maximum absolute atomic E-state index is 11.5. The van der Waals surface area contributed by atoms with Gasteiger partial charge in [-0.15, -0.1) is 0 Å². The summed E-state index contributed by atoms with van der Waals surface area (Å²) in [6.07, 6.45) is 17.9. The van der Waals surface area contributed by atoms with Crippen molar-refractivity contribution in [2.75, 3.05) is 0 Å².